The highest BCUT2D eigenvalue weighted by Crippen LogP contribution is 2.15. The van der Waals surface area contributed by atoms with Gasteiger partial charge in [-0.2, -0.15) is 10.1 Å². The summed E-state index contributed by atoms with van der Waals surface area (Å²) in [6, 6.07) is 15.9. The van der Waals surface area contributed by atoms with E-state index in [1.165, 1.54) is 17.5 Å². The molecule has 178 valence electrons. The summed E-state index contributed by atoms with van der Waals surface area (Å²) in [5, 5.41) is 14.1. The molecule has 0 saturated heterocycles. The van der Waals surface area contributed by atoms with Crippen LogP contribution in [0.2, 0.25) is 0 Å². The Kier molecular flexibility index (Phi) is 7.41. The Hall–Kier alpha value is -4.18. The van der Waals surface area contributed by atoms with Crippen molar-refractivity contribution in [3.63, 3.8) is 0 Å². The minimum absolute atomic E-state index is 0.301. The number of hydrogen-bond donors (Lipinski definition) is 3. The van der Waals surface area contributed by atoms with Gasteiger partial charge in [0.25, 0.3) is 0 Å². The van der Waals surface area contributed by atoms with Gasteiger partial charge in [0.05, 0.1) is 6.54 Å². The number of aromatic nitrogens is 5. The van der Waals surface area contributed by atoms with Crippen LogP contribution in [0.5, 0.6) is 0 Å². The third kappa shape index (κ3) is 6.90. The highest BCUT2D eigenvalue weighted by molar-refractivity contribution is 7.80. The first-order valence-corrected chi connectivity index (χ1v) is 11.5. The molecule has 2 aromatic carbocycles. The molecule has 0 fully saturated rings. The molecule has 0 radical (unpaired) electrons. The Morgan fingerprint density at radius 3 is 2.23 bits per heavy atom. The number of aryl methyl sites for hydroxylation is 4. The van der Waals surface area contributed by atoms with E-state index >= 15 is 0 Å². The summed E-state index contributed by atoms with van der Waals surface area (Å²) >= 11 is 5.52. The van der Waals surface area contributed by atoms with Crippen molar-refractivity contribution in [2.75, 3.05) is 16.0 Å². The molecule has 0 saturated carbocycles. The molecule has 0 unspecified atom stereocenters. The predicted octanol–water partition coefficient (Wildman–Crippen LogP) is 4.63. The summed E-state index contributed by atoms with van der Waals surface area (Å²) in [6.45, 7) is 8.61. The van der Waals surface area contributed by atoms with Crippen LogP contribution >= 0.6 is 12.2 Å². The molecule has 0 atom stereocenters. The number of nitrogens with one attached hydrogen (secondary N) is 3. The van der Waals surface area contributed by atoms with Crippen LogP contribution in [0.4, 0.5) is 17.3 Å². The van der Waals surface area contributed by atoms with Gasteiger partial charge in [-0.3, -0.25) is 5.32 Å². The second kappa shape index (κ2) is 10.8. The average molecular weight is 486 g/mol. The Balaban J connectivity index is 1.54. The molecule has 2 aromatic heterocycles. The zero-order valence-corrected chi connectivity index (χ0v) is 20.9. The SMILES string of the molecule is Cc1cc(C)nc(N/C(=N/C(=S)Nc2ccc(C)c(C)c2)Nc2ccc(Cn3cncn3)cc2)n1. The zero-order chi connectivity index (χ0) is 24.8. The Labute approximate surface area is 209 Å². The van der Waals surface area contributed by atoms with E-state index in [9.17, 15) is 0 Å². The number of hydrogen-bond acceptors (Lipinski definition) is 5. The molecule has 0 amide bonds. The third-order valence-electron chi connectivity index (χ3n) is 5.21. The number of aliphatic imine (C=N–C) groups is 1. The van der Waals surface area contributed by atoms with Crippen LogP contribution in [0.1, 0.15) is 28.1 Å². The first-order chi connectivity index (χ1) is 16.8. The summed E-state index contributed by atoms with van der Waals surface area (Å²) < 4.78 is 1.77. The molecule has 0 aliphatic carbocycles. The lowest BCUT2D eigenvalue weighted by atomic mass is 10.1. The van der Waals surface area contributed by atoms with Crippen LogP contribution in [0, 0.1) is 27.7 Å². The van der Waals surface area contributed by atoms with E-state index in [0.717, 1.165) is 28.3 Å². The van der Waals surface area contributed by atoms with Crippen molar-refractivity contribution in [3.8, 4) is 0 Å². The van der Waals surface area contributed by atoms with Gasteiger partial charge in [0, 0.05) is 22.8 Å². The van der Waals surface area contributed by atoms with E-state index in [1.807, 2.05) is 62.4 Å². The lowest BCUT2D eigenvalue weighted by Gasteiger charge is -2.14. The Bertz CT molecular complexity index is 1330. The number of benzene rings is 2. The van der Waals surface area contributed by atoms with Gasteiger partial charge in [0.2, 0.25) is 17.0 Å². The van der Waals surface area contributed by atoms with E-state index in [4.69, 9.17) is 12.2 Å². The third-order valence-corrected chi connectivity index (χ3v) is 5.41. The maximum absolute atomic E-state index is 5.52. The van der Waals surface area contributed by atoms with Crippen LogP contribution in [0.25, 0.3) is 0 Å². The number of anilines is 3. The quantitative estimate of drug-likeness (QED) is 0.214. The standard InChI is InChI=1S/C25H27N9S/c1-16-5-8-22(11-17(16)2)31-25(35)33-24(32-23-28-18(3)12-19(4)29-23)30-21-9-6-20(7-10-21)13-34-15-26-14-27-34/h5-12,14-15H,13H2,1-4H3,(H3,28,29,30,31,32,33,35). The van der Waals surface area contributed by atoms with Crippen LogP contribution in [0.3, 0.4) is 0 Å². The molecule has 2 heterocycles. The predicted molar refractivity (Wildman–Crippen MR) is 144 cm³/mol. The van der Waals surface area contributed by atoms with Gasteiger partial charge in [-0.05, 0) is 86.9 Å². The van der Waals surface area contributed by atoms with Crippen LogP contribution in [-0.2, 0) is 6.54 Å². The van der Waals surface area contributed by atoms with Gasteiger partial charge < -0.3 is 10.6 Å². The molecule has 0 aliphatic rings. The summed E-state index contributed by atoms with van der Waals surface area (Å²) in [4.78, 5) is 17.5. The minimum atomic E-state index is 0.301. The average Bonchev–Trinajstić information content (AvgIpc) is 3.30. The lowest BCUT2D eigenvalue weighted by molar-refractivity contribution is 0.685. The fourth-order valence-corrected chi connectivity index (χ4v) is 3.59. The van der Waals surface area contributed by atoms with Crippen LogP contribution in [-0.4, -0.2) is 35.8 Å². The molecule has 10 heteroatoms. The van der Waals surface area contributed by atoms with E-state index in [1.54, 1.807) is 11.0 Å². The maximum Gasteiger partial charge on any atom is 0.229 e. The van der Waals surface area contributed by atoms with Gasteiger partial charge in [-0.25, -0.2) is 19.6 Å². The van der Waals surface area contributed by atoms with E-state index in [0.29, 0.717) is 23.6 Å². The first-order valence-electron chi connectivity index (χ1n) is 11.1. The maximum atomic E-state index is 5.52. The van der Waals surface area contributed by atoms with Crippen molar-refractivity contribution in [2.24, 2.45) is 4.99 Å². The summed E-state index contributed by atoms with van der Waals surface area (Å²) in [5.41, 5.74) is 6.90. The molecule has 35 heavy (non-hydrogen) atoms. The number of thiocarbonyl (C=S) groups is 1. The Morgan fingerprint density at radius 1 is 0.857 bits per heavy atom. The molecule has 4 rings (SSSR count). The Morgan fingerprint density at radius 2 is 1.57 bits per heavy atom. The number of rotatable bonds is 5. The topological polar surface area (TPSA) is 105 Å². The molecule has 4 aromatic rings. The second-order valence-corrected chi connectivity index (χ2v) is 8.59. The second-order valence-electron chi connectivity index (χ2n) is 8.20. The highest BCUT2D eigenvalue weighted by atomic mass is 32.1. The smallest absolute Gasteiger partial charge is 0.229 e. The molecular formula is C25H27N9S. The molecule has 0 bridgehead atoms. The fraction of sp³-hybridized carbons (Fsp3) is 0.200. The summed E-state index contributed by atoms with van der Waals surface area (Å²) in [5.74, 6) is 0.839. The van der Waals surface area contributed by atoms with E-state index < -0.39 is 0 Å². The van der Waals surface area contributed by atoms with Crippen LogP contribution in [0.15, 0.2) is 66.2 Å². The number of nitrogens with zero attached hydrogens (tertiary/aromatic N) is 6. The van der Waals surface area contributed by atoms with Gasteiger partial charge in [0.15, 0.2) is 0 Å². The lowest BCUT2D eigenvalue weighted by Crippen LogP contribution is -2.26. The van der Waals surface area contributed by atoms with E-state index in [-0.39, 0.29) is 0 Å². The van der Waals surface area contributed by atoms with Crippen molar-refractivity contribution in [2.45, 2.75) is 34.2 Å². The fourth-order valence-electron chi connectivity index (χ4n) is 3.38. The van der Waals surface area contributed by atoms with Crippen molar-refractivity contribution < 1.29 is 0 Å². The van der Waals surface area contributed by atoms with Gasteiger partial charge in [-0.15, -0.1) is 0 Å². The molecule has 3 N–H and O–H groups in total. The van der Waals surface area contributed by atoms with Crippen molar-refractivity contribution in [1.82, 2.24) is 24.7 Å². The van der Waals surface area contributed by atoms with Crippen molar-refractivity contribution in [1.29, 1.82) is 0 Å². The van der Waals surface area contributed by atoms with Gasteiger partial charge >= 0.3 is 0 Å². The largest absolute Gasteiger partial charge is 0.331 e. The van der Waals surface area contributed by atoms with Crippen LogP contribution < -0.4 is 16.0 Å². The minimum Gasteiger partial charge on any atom is -0.331 e. The highest BCUT2D eigenvalue weighted by Gasteiger charge is 2.08. The molecule has 0 spiro atoms. The normalized spacial score (nSPS) is 11.3. The summed E-state index contributed by atoms with van der Waals surface area (Å²) in [6.07, 6.45) is 3.21. The van der Waals surface area contributed by atoms with Gasteiger partial charge in [0.1, 0.15) is 12.7 Å². The molecular weight excluding hydrogens is 458 g/mol. The molecule has 0 aliphatic heterocycles. The first kappa shape index (κ1) is 24.0. The van der Waals surface area contributed by atoms with Crippen molar-refractivity contribution >= 4 is 40.6 Å². The summed E-state index contributed by atoms with van der Waals surface area (Å²) in [7, 11) is 0. The van der Waals surface area contributed by atoms with Crippen molar-refractivity contribution in [3.05, 3.63) is 89.3 Å². The van der Waals surface area contributed by atoms with Gasteiger partial charge in [-0.1, -0.05) is 18.2 Å². The zero-order valence-electron chi connectivity index (χ0n) is 20.1. The number of guanidine groups is 1. The molecule has 9 nitrogen and oxygen atoms in total. The monoisotopic (exact) mass is 485 g/mol. The van der Waals surface area contributed by atoms with E-state index in [2.05, 4.69) is 54.8 Å².